The SMILES string of the molecule is [C-]#[N+]C1C(CCC)=Nc2n[nH]c(CCCC)c2C1c1ccccc1Cl. The molecule has 1 N–H and O–H groups in total. The predicted molar refractivity (Wildman–Crippen MR) is 103 cm³/mol. The molecule has 5 heteroatoms. The second-order valence-corrected chi connectivity index (χ2v) is 6.88. The average Bonchev–Trinajstić information content (AvgIpc) is 3.02. The molecular weight excluding hydrogens is 332 g/mol. The van der Waals surface area contributed by atoms with Crippen LogP contribution in [0.15, 0.2) is 29.3 Å². The minimum atomic E-state index is -0.315. The van der Waals surface area contributed by atoms with Gasteiger partial charge in [0.05, 0.1) is 5.92 Å². The maximum absolute atomic E-state index is 7.83. The van der Waals surface area contributed by atoms with Gasteiger partial charge in [-0.05, 0) is 30.9 Å². The van der Waals surface area contributed by atoms with Gasteiger partial charge in [0.1, 0.15) is 5.71 Å². The van der Waals surface area contributed by atoms with Crippen molar-refractivity contribution >= 4 is 23.1 Å². The number of nitrogens with zero attached hydrogens (tertiary/aromatic N) is 3. The first-order valence-corrected chi connectivity index (χ1v) is 9.34. The zero-order chi connectivity index (χ0) is 17.8. The highest BCUT2D eigenvalue weighted by molar-refractivity contribution is 6.31. The third kappa shape index (κ3) is 3.34. The third-order valence-corrected chi connectivity index (χ3v) is 5.09. The fraction of sp³-hybridized carbons (Fsp3) is 0.450. The van der Waals surface area contributed by atoms with Crippen LogP contribution in [-0.4, -0.2) is 22.0 Å². The minimum Gasteiger partial charge on any atom is -0.306 e. The molecule has 0 fully saturated rings. The summed E-state index contributed by atoms with van der Waals surface area (Å²) in [7, 11) is 0. The van der Waals surface area contributed by atoms with E-state index in [0.29, 0.717) is 5.02 Å². The highest BCUT2D eigenvalue weighted by atomic mass is 35.5. The molecule has 1 aliphatic rings. The standard InChI is InChI=1S/C20H23ClN4/c1-4-6-12-15-18-17(13-10-7-8-11-14(13)21)19(22-3)16(9-5-2)23-20(18)25-24-15/h7-8,10-11,17,19H,4-6,9,12H2,1-2H3,(H,24,25). The van der Waals surface area contributed by atoms with Crippen molar-refractivity contribution in [2.75, 3.05) is 0 Å². The Labute approximate surface area is 154 Å². The number of aliphatic imine (C=N–C) groups is 1. The molecule has 130 valence electrons. The Morgan fingerprint density at radius 2 is 2.00 bits per heavy atom. The van der Waals surface area contributed by atoms with Crippen LogP contribution >= 0.6 is 11.6 Å². The molecule has 0 amide bonds. The summed E-state index contributed by atoms with van der Waals surface area (Å²) in [6.45, 7) is 12.1. The number of nitrogens with one attached hydrogen (secondary N) is 1. The molecule has 0 saturated heterocycles. The lowest BCUT2D eigenvalue weighted by atomic mass is 9.79. The second-order valence-electron chi connectivity index (χ2n) is 6.47. The van der Waals surface area contributed by atoms with Crippen molar-refractivity contribution in [2.45, 2.75) is 57.9 Å². The molecule has 2 aromatic rings. The molecule has 2 atom stereocenters. The monoisotopic (exact) mass is 354 g/mol. The van der Waals surface area contributed by atoms with Gasteiger partial charge in [0.15, 0.2) is 5.82 Å². The van der Waals surface area contributed by atoms with Crippen LogP contribution in [0.3, 0.4) is 0 Å². The summed E-state index contributed by atoms with van der Waals surface area (Å²) in [5, 5.41) is 8.33. The lowest BCUT2D eigenvalue weighted by molar-refractivity contribution is 0.730. The van der Waals surface area contributed by atoms with Gasteiger partial charge in [-0.1, -0.05) is 56.5 Å². The van der Waals surface area contributed by atoms with Gasteiger partial charge >= 0.3 is 0 Å². The summed E-state index contributed by atoms with van der Waals surface area (Å²) in [5.41, 5.74) is 4.06. The van der Waals surface area contributed by atoms with Crippen LogP contribution in [-0.2, 0) is 6.42 Å². The lowest BCUT2D eigenvalue weighted by Crippen LogP contribution is -2.29. The van der Waals surface area contributed by atoms with E-state index in [9.17, 15) is 0 Å². The summed E-state index contributed by atoms with van der Waals surface area (Å²) < 4.78 is 0. The number of H-pyrrole nitrogens is 1. The smallest absolute Gasteiger partial charge is 0.272 e. The minimum absolute atomic E-state index is 0.106. The van der Waals surface area contributed by atoms with Gasteiger partial charge in [-0.15, -0.1) is 0 Å². The lowest BCUT2D eigenvalue weighted by Gasteiger charge is -2.25. The van der Waals surface area contributed by atoms with Crippen LogP contribution in [0.1, 0.15) is 62.3 Å². The fourth-order valence-electron chi connectivity index (χ4n) is 3.55. The molecule has 0 saturated carbocycles. The molecule has 1 aromatic carbocycles. The van der Waals surface area contributed by atoms with Crippen molar-refractivity contribution in [3.8, 4) is 0 Å². The van der Waals surface area contributed by atoms with E-state index < -0.39 is 0 Å². The summed E-state index contributed by atoms with van der Waals surface area (Å²) in [5.74, 6) is 0.630. The second kappa shape index (κ2) is 7.84. The van der Waals surface area contributed by atoms with E-state index in [0.717, 1.165) is 60.5 Å². The number of hydrogen-bond acceptors (Lipinski definition) is 2. The number of aryl methyl sites for hydroxylation is 1. The molecule has 4 nitrogen and oxygen atoms in total. The topological polar surface area (TPSA) is 45.4 Å². The molecule has 1 aromatic heterocycles. The van der Waals surface area contributed by atoms with Crippen molar-refractivity contribution < 1.29 is 0 Å². The molecule has 1 aliphatic heterocycles. The Morgan fingerprint density at radius 3 is 2.68 bits per heavy atom. The fourth-order valence-corrected chi connectivity index (χ4v) is 3.80. The van der Waals surface area contributed by atoms with Crippen LogP contribution in [0.2, 0.25) is 5.02 Å². The van der Waals surface area contributed by atoms with Crippen molar-refractivity contribution in [3.63, 3.8) is 0 Å². The van der Waals surface area contributed by atoms with Crippen LogP contribution in [0.5, 0.6) is 0 Å². The van der Waals surface area contributed by atoms with Gasteiger partial charge in [-0.3, -0.25) is 5.10 Å². The molecular formula is C20H23ClN4. The number of aromatic nitrogens is 2. The van der Waals surface area contributed by atoms with Gasteiger partial charge in [-0.2, -0.15) is 5.10 Å². The van der Waals surface area contributed by atoms with Crippen LogP contribution in [0, 0.1) is 6.57 Å². The van der Waals surface area contributed by atoms with Gasteiger partial charge in [-0.25, -0.2) is 11.6 Å². The first-order chi connectivity index (χ1) is 12.2. The Bertz CT molecular complexity index is 815. The molecule has 3 rings (SSSR count). The van der Waals surface area contributed by atoms with Crippen molar-refractivity contribution in [2.24, 2.45) is 4.99 Å². The van der Waals surface area contributed by atoms with Gasteiger partial charge in [0.25, 0.3) is 6.04 Å². The Hall–Kier alpha value is -2.12. The number of halogens is 1. The largest absolute Gasteiger partial charge is 0.306 e. The number of benzene rings is 1. The number of aromatic amines is 1. The molecule has 0 aliphatic carbocycles. The van der Waals surface area contributed by atoms with E-state index in [2.05, 4.69) is 28.9 Å². The van der Waals surface area contributed by atoms with E-state index >= 15 is 0 Å². The van der Waals surface area contributed by atoms with E-state index in [1.807, 2.05) is 24.3 Å². The molecule has 0 spiro atoms. The molecule has 25 heavy (non-hydrogen) atoms. The third-order valence-electron chi connectivity index (χ3n) is 4.75. The van der Waals surface area contributed by atoms with Crippen LogP contribution in [0.25, 0.3) is 4.85 Å². The number of rotatable bonds is 6. The normalized spacial score (nSPS) is 19.2. The number of unbranched alkanes of at least 4 members (excludes halogenated alkanes) is 1. The van der Waals surface area contributed by atoms with Gasteiger partial charge in [0.2, 0.25) is 0 Å². The molecule has 2 unspecified atom stereocenters. The summed E-state index contributed by atoms with van der Waals surface area (Å²) in [6.07, 6.45) is 4.88. The van der Waals surface area contributed by atoms with E-state index in [1.54, 1.807) is 0 Å². The summed E-state index contributed by atoms with van der Waals surface area (Å²) in [4.78, 5) is 8.70. The predicted octanol–water partition coefficient (Wildman–Crippen LogP) is 5.71. The Kier molecular flexibility index (Phi) is 5.55. The van der Waals surface area contributed by atoms with E-state index in [-0.39, 0.29) is 12.0 Å². The Balaban J connectivity index is 2.17. The zero-order valence-electron chi connectivity index (χ0n) is 14.7. The van der Waals surface area contributed by atoms with Crippen molar-refractivity contribution in [1.29, 1.82) is 0 Å². The maximum atomic E-state index is 7.83. The van der Waals surface area contributed by atoms with E-state index in [4.69, 9.17) is 23.2 Å². The number of fused-ring (bicyclic) bond motifs is 1. The number of hydrogen-bond donors (Lipinski definition) is 1. The highest BCUT2D eigenvalue weighted by Crippen LogP contribution is 2.44. The maximum Gasteiger partial charge on any atom is 0.272 e. The zero-order valence-corrected chi connectivity index (χ0v) is 15.5. The quantitative estimate of drug-likeness (QED) is 0.663. The van der Waals surface area contributed by atoms with Crippen molar-refractivity contribution in [3.05, 3.63) is 57.5 Å². The van der Waals surface area contributed by atoms with Crippen LogP contribution in [0.4, 0.5) is 5.82 Å². The van der Waals surface area contributed by atoms with Crippen molar-refractivity contribution in [1.82, 2.24) is 10.2 Å². The highest BCUT2D eigenvalue weighted by Gasteiger charge is 2.42. The molecule has 0 bridgehead atoms. The summed E-state index contributed by atoms with van der Waals surface area (Å²) in [6, 6.07) is 7.52. The molecule has 0 radical (unpaired) electrons. The molecule has 2 heterocycles. The summed E-state index contributed by atoms with van der Waals surface area (Å²) >= 11 is 6.52. The van der Waals surface area contributed by atoms with Crippen LogP contribution < -0.4 is 0 Å². The first-order valence-electron chi connectivity index (χ1n) is 8.96. The Morgan fingerprint density at radius 1 is 1.20 bits per heavy atom. The van der Waals surface area contributed by atoms with E-state index in [1.165, 1.54) is 0 Å². The van der Waals surface area contributed by atoms with Gasteiger partial charge < -0.3 is 4.85 Å². The first kappa shape index (κ1) is 17.7. The average molecular weight is 355 g/mol. The van der Waals surface area contributed by atoms with Gasteiger partial charge in [0, 0.05) is 16.3 Å².